The van der Waals surface area contributed by atoms with E-state index >= 15 is 0 Å². The van der Waals surface area contributed by atoms with Crippen LogP contribution in [0.1, 0.15) is 47.5 Å². The van der Waals surface area contributed by atoms with Crippen LogP contribution in [-0.4, -0.2) is 37.1 Å². The molecule has 0 spiro atoms. The van der Waals surface area contributed by atoms with E-state index in [1.54, 1.807) is 0 Å². The molecule has 16 heavy (non-hydrogen) atoms. The first-order valence-electron chi connectivity index (χ1n) is 6.85. The van der Waals surface area contributed by atoms with Crippen LogP contribution in [0.15, 0.2) is 0 Å². The van der Waals surface area contributed by atoms with E-state index in [1.807, 2.05) is 0 Å². The molecule has 1 rings (SSSR count). The van der Waals surface area contributed by atoms with Gasteiger partial charge in [-0.2, -0.15) is 0 Å². The van der Waals surface area contributed by atoms with Crippen LogP contribution in [-0.2, 0) is 0 Å². The minimum absolute atomic E-state index is 0.396. The molecular weight excluding hydrogens is 196 g/mol. The van der Waals surface area contributed by atoms with Crippen molar-refractivity contribution in [1.29, 1.82) is 0 Å². The number of hydrogen-bond donors (Lipinski definition) is 1. The molecule has 1 aliphatic heterocycles. The van der Waals surface area contributed by atoms with Gasteiger partial charge in [-0.25, -0.2) is 0 Å². The van der Waals surface area contributed by atoms with Crippen molar-refractivity contribution in [1.82, 2.24) is 10.2 Å². The number of likely N-dealkylation sites (tertiary alicyclic amines) is 1. The van der Waals surface area contributed by atoms with Gasteiger partial charge in [0.25, 0.3) is 0 Å². The van der Waals surface area contributed by atoms with Gasteiger partial charge in [0, 0.05) is 19.1 Å². The smallest absolute Gasteiger partial charge is 0.00676 e. The van der Waals surface area contributed by atoms with Crippen molar-refractivity contribution in [3.8, 4) is 0 Å². The summed E-state index contributed by atoms with van der Waals surface area (Å²) in [5.41, 5.74) is 0.396. The van der Waals surface area contributed by atoms with E-state index in [2.05, 4.69) is 44.8 Å². The van der Waals surface area contributed by atoms with Gasteiger partial charge >= 0.3 is 0 Å². The zero-order valence-electron chi connectivity index (χ0n) is 11.8. The van der Waals surface area contributed by atoms with Crippen LogP contribution in [0.25, 0.3) is 0 Å². The zero-order valence-corrected chi connectivity index (χ0v) is 11.8. The Balaban J connectivity index is 2.27. The highest BCUT2D eigenvalue weighted by Gasteiger charge is 2.27. The van der Waals surface area contributed by atoms with Gasteiger partial charge in [-0.1, -0.05) is 27.7 Å². The van der Waals surface area contributed by atoms with Crippen LogP contribution in [0, 0.1) is 11.3 Å². The molecule has 96 valence electrons. The third-order valence-corrected chi connectivity index (χ3v) is 3.48. The first kappa shape index (κ1) is 14.0. The third-order valence-electron chi connectivity index (χ3n) is 3.48. The van der Waals surface area contributed by atoms with E-state index in [0.717, 1.165) is 25.0 Å². The van der Waals surface area contributed by atoms with Gasteiger partial charge in [-0.3, -0.25) is 0 Å². The zero-order chi connectivity index (χ0) is 12.2. The summed E-state index contributed by atoms with van der Waals surface area (Å²) in [4.78, 5) is 2.65. The molecule has 0 amide bonds. The van der Waals surface area contributed by atoms with Crippen LogP contribution in [0.5, 0.6) is 0 Å². The lowest BCUT2D eigenvalue weighted by Crippen LogP contribution is -2.42. The van der Waals surface area contributed by atoms with Crippen molar-refractivity contribution in [2.24, 2.45) is 11.3 Å². The Morgan fingerprint density at radius 3 is 2.56 bits per heavy atom. The Hall–Kier alpha value is -0.0800. The Morgan fingerprint density at radius 1 is 1.38 bits per heavy atom. The SMILES string of the molecule is CC(C)CNCC(C)(C)CN1CCCC1C. The third kappa shape index (κ3) is 4.84. The first-order chi connectivity index (χ1) is 7.41. The molecule has 0 aromatic carbocycles. The Morgan fingerprint density at radius 2 is 2.06 bits per heavy atom. The van der Waals surface area contributed by atoms with E-state index in [4.69, 9.17) is 0 Å². The maximum Gasteiger partial charge on any atom is 0.00676 e. The molecule has 1 fully saturated rings. The molecule has 0 bridgehead atoms. The fraction of sp³-hybridized carbons (Fsp3) is 1.00. The van der Waals surface area contributed by atoms with E-state index < -0.39 is 0 Å². The normalized spacial score (nSPS) is 23.2. The van der Waals surface area contributed by atoms with Crippen molar-refractivity contribution in [2.75, 3.05) is 26.2 Å². The van der Waals surface area contributed by atoms with Gasteiger partial charge in [0.1, 0.15) is 0 Å². The average Bonchev–Trinajstić information content (AvgIpc) is 2.50. The summed E-state index contributed by atoms with van der Waals surface area (Å²) in [6.45, 7) is 16.5. The second-order valence-corrected chi connectivity index (χ2v) is 6.65. The quantitative estimate of drug-likeness (QED) is 0.749. The van der Waals surface area contributed by atoms with Crippen LogP contribution < -0.4 is 5.32 Å². The lowest BCUT2D eigenvalue weighted by Gasteiger charge is -2.33. The van der Waals surface area contributed by atoms with Crippen molar-refractivity contribution in [3.63, 3.8) is 0 Å². The molecule has 0 saturated carbocycles. The molecule has 2 heteroatoms. The highest BCUT2D eigenvalue weighted by molar-refractivity contribution is 4.82. The van der Waals surface area contributed by atoms with Gasteiger partial charge in [0.05, 0.1) is 0 Å². The van der Waals surface area contributed by atoms with Gasteiger partial charge < -0.3 is 10.2 Å². The first-order valence-corrected chi connectivity index (χ1v) is 6.85. The summed E-state index contributed by atoms with van der Waals surface area (Å²) in [5, 5.41) is 3.59. The fourth-order valence-corrected chi connectivity index (χ4v) is 2.53. The maximum absolute atomic E-state index is 3.59. The second-order valence-electron chi connectivity index (χ2n) is 6.65. The summed E-state index contributed by atoms with van der Waals surface area (Å²) in [6, 6.07) is 0.796. The summed E-state index contributed by atoms with van der Waals surface area (Å²) in [5.74, 6) is 0.751. The topological polar surface area (TPSA) is 15.3 Å². The van der Waals surface area contributed by atoms with Gasteiger partial charge in [-0.05, 0) is 44.2 Å². The summed E-state index contributed by atoms with van der Waals surface area (Å²) >= 11 is 0. The summed E-state index contributed by atoms with van der Waals surface area (Å²) in [6.07, 6.45) is 2.77. The Bertz CT molecular complexity index is 199. The van der Waals surface area contributed by atoms with Gasteiger partial charge in [0.2, 0.25) is 0 Å². The monoisotopic (exact) mass is 226 g/mol. The standard InChI is InChI=1S/C14H30N2/c1-12(2)9-15-10-14(4,5)11-16-8-6-7-13(16)3/h12-13,15H,6-11H2,1-5H3. The summed E-state index contributed by atoms with van der Waals surface area (Å²) < 4.78 is 0. The highest BCUT2D eigenvalue weighted by Crippen LogP contribution is 2.23. The van der Waals surface area contributed by atoms with E-state index in [-0.39, 0.29) is 0 Å². The number of nitrogens with zero attached hydrogens (tertiary/aromatic N) is 1. The highest BCUT2D eigenvalue weighted by atomic mass is 15.2. The number of nitrogens with one attached hydrogen (secondary N) is 1. The predicted octanol–water partition coefficient (Wildman–Crippen LogP) is 2.74. The van der Waals surface area contributed by atoms with Crippen LogP contribution in [0.4, 0.5) is 0 Å². The predicted molar refractivity (Wildman–Crippen MR) is 71.8 cm³/mol. The number of hydrogen-bond acceptors (Lipinski definition) is 2. The van der Waals surface area contributed by atoms with E-state index in [1.165, 1.54) is 25.9 Å². The van der Waals surface area contributed by atoms with Crippen molar-refractivity contribution < 1.29 is 0 Å². The second kappa shape index (κ2) is 6.02. The number of rotatable bonds is 6. The average molecular weight is 226 g/mol. The van der Waals surface area contributed by atoms with E-state index in [0.29, 0.717) is 5.41 Å². The summed E-state index contributed by atoms with van der Waals surface area (Å²) in [7, 11) is 0. The van der Waals surface area contributed by atoms with Crippen LogP contribution in [0.3, 0.4) is 0 Å². The van der Waals surface area contributed by atoms with Crippen LogP contribution in [0.2, 0.25) is 0 Å². The molecule has 0 radical (unpaired) electrons. The maximum atomic E-state index is 3.59. The minimum atomic E-state index is 0.396. The largest absolute Gasteiger partial charge is 0.316 e. The molecule has 1 N–H and O–H groups in total. The van der Waals surface area contributed by atoms with Gasteiger partial charge in [0.15, 0.2) is 0 Å². The molecule has 1 unspecified atom stereocenters. The molecule has 1 heterocycles. The molecule has 1 atom stereocenters. The lowest BCUT2D eigenvalue weighted by atomic mass is 9.92. The molecule has 1 saturated heterocycles. The molecular formula is C14H30N2. The Kier molecular flexibility index (Phi) is 5.26. The molecule has 0 aliphatic carbocycles. The minimum Gasteiger partial charge on any atom is -0.316 e. The van der Waals surface area contributed by atoms with Crippen molar-refractivity contribution in [2.45, 2.75) is 53.5 Å². The lowest BCUT2D eigenvalue weighted by molar-refractivity contribution is 0.168. The van der Waals surface area contributed by atoms with Crippen molar-refractivity contribution >= 4 is 0 Å². The molecule has 1 aliphatic rings. The van der Waals surface area contributed by atoms with Gasteiger partial charge in [-0.15, -0.1) is 0 Å². The van der Waals surface area contributed by atoms with E-state index in [9.17, 15) is 0 Å². The molecule has 0 aromatic heterocycles. The Labute approximate surface area is 102 Å². The van der Waals surface area contributed by atoms with Crippen molar-refractivity contribution in [3.05, 3.63) is 0 Å². The fourth-order valence-electron chi connectivity index (χ4n) is 2.53. The van der Waals surface area contributed by atoms with Crippen LogP contribution >= 0.6 is 0 Å². The molecule has 0 aromatic rings. The molecule has 2 nitrogen and oxygen atoms in total.